The molecule has 27 heavy (non-hydrogen) atoms. The molecule has 0 aliphatic heterocycles. The zero-order chi connectivity index (χ0) is 18.6. The summed E-state index contributed by atoms with van der Waals surface area (Å²) in [6.45, 7) is 0. The van der Waals surface area contributed by atoms with Crippen molar-refractivity contribution in [2.75, 3.05) is 17.7 Å². The molecule has 0 spiro atoms. The molecule has 4 aromatic rings. The highest BCUT2D eigenvalue weighted by molar-refractivity contribution is 7.97. The summed E-state index contributed by atoms with van der Waals surface area (Å²) >= 11 is 1.12. The van der Waals surface area contributed by atoms with Gasteiger partial charge in [-0.05, 0) is 53.7 Å². The van der Waals surface area contributed by atoms with E-state index in [0.717, 1.165) is 39.1 Å². The molecule has 136 valence electrons. The van der Waals surface area contributed by atoms with Crippen LogP contribution >= 0.6 is 11.9 Å². The van der Waals surface area contributed by atoms with E-state index in [1.807, 2.05) is 48.7 Å². The first-order valence-corrected chi connectivity index (χ1v) is 9.13. The summed E-state index contributed by atoms with van der Waals surface area (Å²) < 4.78 is 5.36. The molecule has 7 nitrogen and oxygen atoms in total. The van der Waals surface area contributed by atoms with Crippen LogP contribution in [0, 0.1) is 0 Å². The predicted molar refractivity (Wildman–Crippen MR) is 110 cm³/mol. The van der Waals surface area contributed by atoms with Crippen molar-refractivity contribution >= 4 is 46.0 Å². The van der Waals surface area contributed by atoms with Crippen LogP contribution in [-0.2, 0) is 0 Å². The Hall–Kier alpha value is -3.23. The fourth-order valence-electron chi connectivity index (χ4n) is 2.78. The molecule has 2 aromatic heterocycles. The van der Waals surface area contributed by atoms with Crippen molar-refractivity contribution in [3.8, 4) is 5.75 Å². The highest BCUT2D eigenvalue weighted by Gasteiger charge is 2.10. The maximum atomic E-state index is 5.80. The summed E-state index contributed by atoms with van der Waals surface area (Å²) in [6, 6.07) is 15.6. The molecule has 2 aromatic carbocycles. The monoisotopic (exact) mass is 378 g/mol. The number of ether oxygens (including phenoxy) is 1. The van der Waals surface area contributed by atoms with E-state index >= 15 is 0 Å². The molecule has 8 heteroatoms. The number of methoxy groups -OCH3 is 1. The van der Waals surface area contributed by atoms with E-state index in [-0.39, 0.29) is 0 Å². The molecule has 0 atom stereocenters. The van der Waals surface area contributed by atoms with Crippen molar-refractivity contribution in [2.45, 2.75) is 4.90 Å². The van der Waals surface area contributed by atoms with E-state index in [0.29, 0.717) is 17.5 Å². The zero-order valence-electron chi connectivity index (χ0n) is 14.6. The van der Waals surface area contributed by atoms with Crippen LogP contribution in [0.4, 0.5) is 23.1 Å². The number of hydrogen-bond donors (Lipinski definition) is 4. The van der Waals surface area contributed by atoms with Gasteiger partial charge >= 0.3 is 0 Å². The number of nitrogens with zero attached hydrogens (tertiary/aromatic N) is 2. The Morgan fingerprint density at radius 3 is 2.89 bits per heavy atom. The van der Waals surface area contributed by atoms with Crippen LogP contribution in [0.15, 0.2) is 65.8 Å². The van der Waals surface area contributed by atoms with Crippen molar-refractivity contribution in [2.24, 2.45) is 5.14 Å². The third-order valence-corrected chi connectivity index (χ3v) is 4.70. The molecule has 0 amide bonds. The number of rotatable bonds is 6. The van der Waals surface area contributed by atoms with Gasteiger partial charge in [-0.15, -0.1) is 0 Å². The van der Waals surface area contributed by atoms with Gasteiger partial charge in [0.2, 0.25) is 5.95 Å². The van der Waals surface area contributed by atoms with Crippen molar-refractivity contribution in [3.05, 3.63) is 60.9 Å². The van der Waals surface area contributed by atoms with Crippen LogP contribution in [0.25, 0.3) is 10.9 Å². The first-order valence-electron chi connectivity index (χ1n) is 8.25. The number of aromatic amines is 1. The van der Waals surface area contributed by atoms with Gasteiger partial charge in [0, 0.05) is 23.6 Å². The first kappa shape index (κ1) is 17.2. The van der Waals surface area contributed by atoms with Gasteiger partial charge in [-0.25, -0.2) is 4.98 Å². The standard InChI is InChI=1S/C19H18N6OS/c1-26-16-4-2-3-14(18(16)27-20)24-17-8-10-22-19(25-17)23-13-6-5-12-7-9-21-15(12)11-13/h2-11,21H,20H2,1H3,(H2,22,23,24,25). The molecule has 0 saturated carbocycles. The van der Waals surface area contributed by atoms with Gasteiger partial charge in [0.25, 0.3) is 0 Å². The smallest absolute Gasteiger partial charge is 0.229 e. The second-order valence-electron chi connectivity index (χ2n) is 5.75. The molecule has 4 rings (SSSR count). The molecule has 0 bridgehead atoms. The van der Waals surface area contributed by atoms with Crippen molar-refractivity contribution < 1.29 is 4.74 Å². The predicted octanol–water partition coefficient (Wildman–Crippen LogP) is 4.42. The van der Waals surface area contributed by atoms with E-state index < -0.39 is 0 Å². The number of benzene rings is 2. The highest BCUT2D eigenvalue weighted by Crippen LogP contribution is 2.34. The number of aromatic nitrogens is 3. The summed E-state index contributed by atoms with van der Waals surface area (Å²) in [4.78, 5) is 12.8. The lowest BCUT2D eigenvalue weighted by Crippen LogP contribution is -2.02. The zero-order valence-corrected chi connectivity index (χ0v) is 15.4. The summed E-state index contributed by atoms with van der Waals surface area (Å²) in [5, 5.41) is 13.5. The normalized spacial score (nSPS) is 10.7. The van der Waals surface area contributed by atoms with Crippen LogP contribution in [0.2, 0.25) is 0 Å². The fourth-order valence-corrected chi connectivity index (χ4v) is 3.29. The summed E-state index contributed by atoms with van der Waals surface area (Å²) in [5.41, 5.74) is 2.77. The lowest BCUT2D eigenvalue weighted by Gasteiger charge is -2.13. The topological polar surface area (TPSA) is 101 Å². The lowest BCUT2D eigenvalue weighted by molar-refractivity contribution is 0.405. The maximum absolute atomic E-state index is 5.80. The van der Waals surface area contributed by atoms with Crippen LogP contribution < -0.4 is 20.5 Å². The van der Waals surface area contributed by atoms with Gasteiger partial charge in [-0.1, -0.05) is 12.1 Å². The summed E-state index contributed by atoms with van der Waals surface area (Å²) in [5.74, 6) is 1.85. The Morgan fingerprint density at radius 2 is 2.04 bits per heavy atom. The van der Waals surface area contributed by atoms with E-state index in [1.165, 1.54) is 0 Å². The van der Waals surface area contributed by atoms with Gasteiger partial charge in [-0.2, -0.15) is 4.98 Å². The van der Waals surface area contributed by atoms with Crippen LogP contribution in [0.3, 0.4) is 0 Å². The Labute approximate surface area is 160 Å². The van der Waals surface area contributed by atoms with Crippen molar-refractivity contribution in [1.82, 2.24) is 15.0 Å². The fraction of sp³-hybridized carbons (Fsp3) is 0.0526. The van der Waals surface area contributed by atoms with E-state index in [9.17, 15) is 0 Å². The molecule has 0 aliphatic carbocycles. The molecule has 0 radical (unpaired) electrons. The molecular formula is C19H18N6OS. The summed E-state index contributed by atoms with van der Waals surface area (Å²) in [7, 11) is 1.62. The number of anilines is 4. The number of nitrogens with one attached hydrogen (secondary N) is 3. The highest BCUT2D eigenvalue weighted by atomic mass is 32.2. The number of hydrogen-bond acceptors (Lipinski definition) is 7. The van der Waals surface area contributed by atoms with Crippen LogP contribution in [-0.4, -0.2) is 22.1 Å². The Bertz CT molecular complexity index is 1080. The number of fused-ring (bicyclic) bond motifs is 1. The van der Waals surface area contributed by atoms with Gasteiger partial charge in [0.15, 0.2) is 0 Å². The average molecular weight is 378 g/mol. The summed E-state index contributed by atoms with van der Waals surface area (Å²) in [6.07, 6.45) is 3.61. The van der Waals surface area contributed by atoms with Crippen LogP contribution in [0.5, 0.6) is 5.75 Å². The number of H-pyrrole nitrogens is 1. The molecule has 0 fully saturated rings. The van der Waals surface area contributed by atoms with E-state index in [2.05, 4.69) is 25.6 Å². The molecule has 0 unspecified atom stereocenters. The Balaban J connectivity index is 1.57. The minimum absolute atomic E-state index is 0.496. The Kier molecular flexibility index (Phi) is 4.82. The molecule has 0 aliphatic rings. The minimum Gasteiger partial charge on any atom is -0.495 e. The SMILES string of the molecule is COc1cccc(Nc2ccnc(Nc3ccc4cc[nH]c4c3)n2)c1SN. The van der Waals surface area contributed by atoms with Gasteiger partial charge in [-0.3, -0.25) is 5.14 Å². The van der Waals surface area contributed by atoms with Gasteiger partial charge in [0.1, 0.15) is 11.6 Å². The third-order valence-electron chi connectivity index (χ3n) is 4.05. The first-order chi connectivity index (χ1) is 13.3. The molecule has 0 saturated heterocycles. The molecular weight excluding hydrogens is 360 g/mol. The van der Waals surface area contributed by atoms with E-state index in [4.69, 9.17) is 9.88 Å². The Morgan fingerprint density at radius 1 is 1.11 bits per heavy atom. The van der Waals surface area contributed by atoms with Gasteiger partial charge < -0.3 is 20.4 Å². The second kappa shape index (κ2) is 7.56. The van der Waals surface area contributed by atoms with Gasteiger partial charge in [0.05, 0.1) is 17.7 Å². The number of nitrogens with two attached hydrogens (primary N) is 1. The van der Waals surface area contributed by atoms with E-state index in [1.54, 1.807) is 19.4 Å². The van der Waals surface area contributed by atoms with Crippen LogP contribution in [0.1, 0.15) is 0 Å². The van der Waals surface area contributed by atoms with Crippen molar-refractivity contribution in [1.29, 1.82) is 0 Å². The van der Waals surface area contributed by atoms with Crippen molar-refractivity contribution in [3.63, 3.8) is 0 Å². The minimum atomic E-state index is 0.496. The third kappa shape index (κ3) is 3.67. The maximum Gasteiger partial charge on any atom is 0.229 e. The average Bonchev–Trinajstić information content (AvgIpc) is 3.16. The molecule has 2 heterocycles. The quantitative estimate of drug-likeness (QED) is 0.368. The largest absolute Gasteiger partial charge is 0.495 e. The second-order valence-corrected chi connectivity index (χ2v) is 6.39. The lowest BCUT2D eigenvalue weighted by atomic mass is 10.2. The molecule has 5 N–H and O–H groups in total.